The molecular weight excluding hydrogens is 324 g/mol. The minimum absolute atomic E-state index is 0.353. The number of rotatable bonds is 4. The van der Waals surface area contributed by atoms with Crippen LogP contribution in [0, 0.1) is 11.3 Å². The van der Waals surface area contributed by atoms with Gasteiger partial charge in [-0.15, -0.1) is 0 Å². The highest BCUT2D eigenvalue weighted by Crippen LogP contribution is 2.27. The number of hydrogen-bond donors (Lipinski definition) is 1. The summed E-state index contributed by atoms with van der Waals surface area (Å²) in [7, 11) is 0. The number of likely N-dealkylation sites (tertiary alicyclic amines) is 1. The van der Waals surface area contributed by atoms with E-state index in [1.54, 1.807) is 12.4 Å². The number of nitrogens with one attached hydrogen (secondary N) is 1. The molecule has 3 heterocycles. The van der Waals surface area contributed by atoms with Gasteiger partial charge in [0.15, 0.2) is 5.82 Å². The van der Waals surface area contributed by atoms with Gasteiger partial charge >= 0.3 is 0 Å². The van der Waals surface area contributed by atoms with E-state index in [0.29, 0.717) is 11.5 Å². The Labute approximate surface area is 152 Å². The molecule has 3 aromatic rings. The van der Waals surface area contributed by atoms with Crippen molar-refractivity contribution in [2.45, 2.75) is 25.3 Å². The fraction of sp³-hybridized carbons (Fsp3) is 0.300. The molecular formula is C20H20N6. The fourth-order valence-electron chi connectivity index (χ4n) is 3.51. The van der Waals surface area contributed by atoms with Crippen molar-refractivity contribution in [2.24, 2.45) is 0 Å². The maximum atomic E-state index is 9.07. The van der Waals surface area contributed by atoms with Crippen molar-refractivity contribution in [3.63, 3.8) is 0 Å². The zero-order valence-electron chi connectivity index (χ0n) is 14.5. The van der Waals surface area contributed by atoms with Crippen molar-refractivity contribution >= 4 is 0 Å². The summed E-state index contributed by atoms with van der Waals surface area (Å²) in [6.07, 6.45) is 5.75. The van der Waals surface area contributed by atoms with Gasteiger partial charge in [-0.1, -0.05) is 12.1 Å². The number of pyridine rings is 1. The average Bonchev–Trinajstić information content (AvgIpc) is 3.19. The van der Waals surface area contributed by atoms with Crippen LogP contribution in [0.15, 0.2) is 48.8 Å². The predicted molar refractivity (Wildman–Crippen MR) is 98.0 cm³/mol. The van der Waals surface area contributed by atoms with Gasteiger partial charge < -0.3 is 0 Å². The molecule has 0 aliphatic carbocycles. The van der Waals surface area contributed by atoms with E-state index in [9.17, 15) is 0 Å². The van der Waals surface area contributed by atoms with Gasteiger partial charge in [-0.25, -0.2) is 4.98 Å². The summed E-state index contributed by atoms with van der Waals surface area (Å²) in [5.41, 5.74) is 2.87. The smallest absolute Gasteiger partial charge is 0.181 e. The maximum absolute atomic E-state index is 9.07. The lowest BCUT2D eigenvalue weighted by atomic mass is 9.97. The van der Waals surface area contributed by atoms with Crippen LogP contribution in [0.3, 0.4) is 0 Å². The van der Waals surface area contributed by atoms with E-state index in [1.165, 1.54) is 5.56 Å². The molecule has 0 bridgehead atoms. The van der Waals surface area contributed by atoms with Gasteiger partial charge in [-0.3, -0.25) is 15.0 Å². The van der Waals surface area contributed by atoms with E-state index in [1.807, 2.05) is 30.3 Å². The van der Waals surface area contributed by atoms with Crippen LogP contribution in [0.1, 0.15) is 35.7 Å². The van der Waals surface area contributed by atoms with E-state index >= 15 is 0 Å². The quantitative estimate of drug-likeness (QED) is 0.786. The van der Waals surface area contributed by atoms with E-state index in [2.05, 4.69) is 32.2 Å². The third-order valence-corrected chi connectivity index (χ3v) is 4.80. The molecule has 1 saturated heterocycles. The molecule has 1 N–H and O–H groups in total. The van der Waals surface area contributed by atoms with Crippen molar-refractivity contribution in [3.05, 3.63) is 65.7 Å². The minimum atomic E-state index is 0.353. The van der Waals surface area contributed by atoms with Crippen molar-refractivity contribution in [1.82, 2.24) is 25.1 Å². The summed E-state index contributed by atoms with van der Waals surface area (Å²) >= 11 is 0. The number of hydrogen-bond acceptors (Lipinski definition) is 5. The van der Waals surface area contributed by atoms with Gasteiger partial charge in [0.1, 0.15) is 5.82 Å². The normalized spacial score (nSPS) is 17.7. The summed E-state index contributed by atoms with van der Waals surface area (Å²) in [4.78, 5) is 11.2. The lowest BCUT2D eigenvalue weighted by Crippen LogP contribution is -2.34. The molecule has 0 radical (unpaired) electrons. The standard InChI is InChI=1S/C20H20N6/c21-12-15-3-1-4-16(11-15)13-26-10-2-5-18(14-26)20-23-19(24-25-20)17-6-8-22-9-7-17/h1,3-4,6-9,11,18H,2,5,10,13-14H2,(H,23,24,25). The van der Waals surface area contributed by atoms with Gasteiger partial charge in [0.25, 0.3) is 0 Å². The van der Waals surface area contributed by atoms with Crippen LogP contribution in [0.2, 0.25) is 0 Å². The topological polar surface area (TPSA) is 81.5 Å². The first-order valence-corrected chi connectivity index (χ1v) is 8.86. The average molecular weight is 344 g/mol. The van der Waals surface area contributed by atoms with E-state index in [0.717, 1.165) is 49.7 Å². The molecule has 0 saturated carbocycles. The van der Waals surface area contributed by atoms with Gasteiger partial charge in [0.05, 0.1) is 11.6 Å². The Hall–Kier alpha value is -3.04. The lowest BCUT2D eigenvalue weighted by molar-refractivity contribution is 0.197. The molecule has 26 heavy (non-hydrogen) atoms. The van der Waals surface area contributed by atoms with E-state index in [4.69, 9.17) is 10.2 Å². The summed E-state index contributed by atoms with van der Waals surface area (Å²) in [6.45, 7) is 2.87. The second-order valence-electron chi connectivity index (χ2n) is 6.67. The fourth-order valence-corrected chi connectivity index (χ4v) is 3.51. The number of piperidine rings is 1. The highest BCUT2D eigenvalue weighted by molar-refractivity contribution is 5.53. The summed E-state index contributed by atoms with van der Waals surface area (Å²) < 4.78 is 0. The highest BCUT2D eigenvalue weighted by Gasteiger charge is 2.24. The summed E-state index contributed by atoms with van der Waals surface area (Å²) in [5, 5.41) is 16.6. The van der Waals surface area contributed by atoms with Gasteiger partial charge in [-0.2, -0.15) is 10.4 Å². The second-order valence-corrected chi connectivity index (χ2v) is 6.67. The van der Waals surface area contributed by atoms with Crippen LogP contribution >= 0.6 is 0 Å². The van der Waals surface area contributed by atoms with Crippen LogP contribution in [-0.4, -0.2) is 38.2 Å². The number of benzene rings is 1. The van der Waals surface area contributed by atoms with Gasteiger partial charge in [-0.05, 0) is 49.2 Å². The molecule has 1 aliphatic rings. The Morgan fingerprint density at radius 3 is 2.96 bits per heavy atom. The zero-order valence-corrected chi connectivity index (χ0v) is 14.5. The number of H-pyrrole nitrogens is 1. The SMILES string of the molecule is N#Cc1cccc(CN2CCCC(c3nc(-c4ccncc4)n[nH]3)C2)c1. The van der Waals surface area contributed by atoms with Crippen molar-refractivity contribution in [1.29, 1.82) is 5.26 Å². The lowest BCUT2D eigenvalue weighted by Gasteiger charge is -2.31. The molecule has 1 atom stereocenters. The van der Waals surface area contributed by atoms with E-state index < -0.39 is 0 Å². The van der Waals surface area contributed by atoms with Gasteiger partial charge in [0, 0.05) is 37.0 Å². The zero-order chi connectivity index (χ0) is 17.8. The Morgan fingerprint density at radius 1 is 1.23 bits per heavy atom. The molecule has 2 aromatic heterocycles. The number of nitriles is 1. The molecule has 1 aromatic carbocycles. The molecule has 1 unspecified atom stereocenters. The summed E-state index contributed by atoms with van der Waals surface area (Å²) in [5.74, 6) is 2.03. The van der Waals surface area contributed by atoms with Crippen molar-refractivity contribution in [3.8, 4) is 17.5 Å². The number of aromatic amines is 1. The Kier molecular flexibility index (Phi) is 4.71. The third kappa shape index (κ3) is 3.63. The first kappa shape index (κ1) is 16.4. The maximum Gasteiger partial charge on any atom is 0.181 e. The third-order valence-electron chi connectivity index (χ3n) is 4.80. The molecule has 1 aliphatic heterocycles. The first-order valence-electron chi connectivity index (χ1n) is 8.86. The molecule has 0 amide bonds. The van der Waals surface area contributed by atoms with Crippen molar-refractivity contribution < 1.29 is 0 Å². The Morgan fingerprint density at radius 2 is 2.12 bits per heavy atom. The highest BCUT2D eigenvalue weighted by atomic mass is 15.2. The molecule has 130 valence electrons. The van der Waals surface area contributed by atoms with E-state index in [-0.39, 0.29) is 0 Å². The molecule has 4 rings (SSSR count). The Bertz CT molecular complexity index is 911. The Balaban J connectivity index is 1.45. The first-order chi connectivity index (χ1) is 12.8. The minimum Gasteiger partial charge on any atom is -0.298 e. The largest absolute Gasteiger partial charge is 0.298 e. The second kappa shape index (κ2) is 7.46. The van der Waals surface area contributed by atoms with Crippen LogP contribution < -0.4 is 0 Å². The van der Waals surface area contributed by atoms with Crippen molar-refractivity contribution in [2.75, 3.05) is 13.1 Å². The number of aromatic nitrogens is 4. The van der Waals surface area contributed by atoms with Crippen LogP contribution in [0.4, 0.5) is 0 Å². The molecule has 6 heteroatoms. The van der Waals surface area contributed by atoms with Crippen LogP contribution in [0.25, 0.3) is 11.4 Å². The molecule has 0 spiro atoms. The van der Waals surface area contributed by atoms with Gasteiger partial charge in [0.2, 0.25) is 0 Å². The summed E-state index contributed by atoms with van der Waals surface area (Å²) in [6, 6.07) is 13.9. The van der Waals surface area contributed by atoms with Crippen LogP contribution in [0.5, 0.6) is 0 Å². The number of nitrogens with zero attached hydrogens (tertiary/aromatic N) is 5. The molecule has 6 nitrogen and oxygen atoms in total. The monoisotopic (exact) mass is 344 g/mol. The predicted octanol–water partition coefficient (Wildman–Crippen LogP) is 3.12. The molecule has 1 fully saturated rings. The van der Waals surface area contributed by atoms with Crippen LogP contribution in [-0.2, 0) is 6.54 Å².